The number of carbonyl (C=O) groups is 1. The number of thioether (sulfide) groups is 1. The van der Waals surface area contributed by atoms with E-state index in [1.807, 2.05) is 48.2 Å². The molecule has 1 aromatic heterocycles. The zero-order valence-electron chi connectivity index (χ0n) is 18.4. The molecule has 32 heavy (non-hydrogen) atoms. The summed E-state index contributed by atoms with van der Waals surface area (Å²) in [6, 6.07) is 16.3. The molecule has 5 rings (SSSR count). The van der Waals surface area contributed by atoms with Gasteiger partial charge in [-0.3, -0.25) is 9.69 Å². The average molecular weight is 449 g/mol. The Labute approximate surface area is 193 Å². The number of ether oxygens (including phenoxy) is 1. The van der Waals surface area contributed by atoms with Crippen LogP contribution in [-0.2, 0) is 22.5 Å². The molecule has 1 saturated heterocycles. The third kappa shape index (κ3) is 4.51. The number of rotatable bonds is 5. The molecule has 1 unspecified atom stereocenters. The Balaban J connectivity index is 1.40. The van der Waals surface area contributed by atoms with Crippen molar-refractivity contribution in [3.8, 4) is 0 Å². The van der Waals surface area contributed by atoms with Gasteiger partial charge in [-0.05, 0) is 37.5 Å². The minimum atomic E-state index is -0.240. The number of aromatic nitrogens is 2. The van der Waals surface area contributed by atoms with Crippen molar-refractivity contribution in [2.75, 3.05) is 37.7 Å². The number of para-hydroxylation sites is 2. The molecule has 1 atom stereocenters. The van der Waals surface area contributed by atoms with Crippen LogP contribution in [0.25, 0.3) is 10.9 Å². The maximum Gasteiger partial charge on any atom is 0.240 e. The fraction of sp³-hybridized carbons (Fsp3) is 0.400. The topological polar surface area (TPSA) is 58.6 Å². The first-order valence-electron chi connectivity index (χ1n) is 11.3. The molecule has 0 N–H and O–H groups in total. The van der Waals surface area contributed by atoms with Crippen LogP contribution in [0.1, 0.15) is 24.7 Å². The van der Waals surface area contributed by atoms with Gasteiger partial charge in [0.15, 0.2) is 0 Å². The van der Waals surface area contributed by atoms with Crippen molar-refractivity contribution in [1.82, 2.24) is 14.9 Å². The van der Waals surface area contributed by atoms with Gasteiger partial charge in [0.25, 0.3) is 0 Å². The fourth-order valence-corrected chi connectivity index (χ4v) is 5.43. The molecule has 2 aromatic carbocycles. The van der Waals surface area contributed by atoms with Crippen LogP contribution in [0.2, 0.25) is 0 Å². The van der Waals surface area contributed by atoms with Gasteiger partial charge in [0.2, 0.25) is 5.91 Å². The van der Waals surface area contributed by atoms with E-state index in [1.54, 1.807) is 11.8 Å². The lowest BCUT2D eigenvalue weighted by atomic mass is 10.0. The van der Waals surface area contributed by atoms with Crippen molar-refractivity contribution in [3.05, 3.63) is 59.9 Å². The quantitative estimate of drug-likeness (QED) is 0.436. The summed E-state index contributed by atoms with van der Waals surface area (Å²) in [5.74, 6) is 0.940. The molecule has 2 aliphatic heterocycles. The number of hydrogen-bond donors (Lipinski definition) is 0. The Morgan fingerprint density at radius 2 is 1.84 bits per heavy atom. The third-order valence-electron chi connectivity index (χ3n) is 6.10. The van der Waals surface area contributed by atoms with E-state index in [9.17, 15) is 4.79 Å². The molecule has 3 aromatic rings. The predicted molar refractivity (Wildman–Crippen MR) is 128 cm³/mol. The van der Waals surface area contributed by atoms with Crippen LogP contribution in [-0.4, -0.2) is 58.9 Å². The number of aryl methyl sites for hydroxylation is 1. The van der Waals surface area contributed by atoms with E-state index in [2.05, 4.69) is 17.0 Å². The second-order valence-corrected chi connectivity index (χ2v) is 9.66. The van der Waals surface area contributed by atoms with Crippen molar-refractivity contribution in [3.63, 3.8) is 0 Å². The van der Waals surface area contributed by atoms with Crippen molar-refractivity contribution < 1.29 is 9.53 Å². The Hall–Kier alpha value is -2.48. The maximum atomic E-state index is 13.4. The van der Waals surface area contributed by atoms with Gasteiger partial charge in [-0.2, -0.15) is 0 Å². The van der Waals surface area contributed by atoms with E-state index in [-0.39, 0.29) is 11.2 Å². The first-order valence-corrected chi connectivity index (χ1v) is 12.2. The standard InChI is InChI=1S/C25H28N4O2S/c1-18(25(30)29-12-6-8-19-7-2-5-11-22(19)29)32-24-20-9-3-4-10-21(20)26-23(27-24)17-28-13-15-31-16-14-28/h2-5,7,9-11,18H,6,8,12-17H2,1H3. The molecule has 1 amide bonds. The molecule has 1 fully saturated rings. The minimum Gasteiger partial charge on any atom is -0.379 e. The molecule has 2 aliphatic rings. The van der Waals surface area contributed by atoms with Gasteiger partial charge in [0, 0.05) is 30.7 Å². The summed E-state index contributed by atoms with van der Waals surface area (Å²) in [5, 5.41) is 1.64. The van der Waals surface area contributed by atoms with Gasteiger partial charge in [0.05, 0.1) is 30.5 Å². The monoisotopic (exact) mass is 448 g/mol. The molecule has 0 bridgehead atoms. The molecule has 7 heteroatoms. The van der Waals surface area contributed by atoms with Gasteiger partial charge >= 0.3 is 0 Å². The van der Waals surface area contributed by atoms with Crippen molar-refractivity contribution in [2.24, 2.45) is 0 Å². The lowest BCUT2D eigenvalue weighted by Gasteiger charge is -2.31. The number of carbonyl (C=O) groups excluding carboxylic acids is 1. The van der Waals surface area contributed by atoms with Crippen molar-refractivity contribution in [2.45, 2.75) is 36.6 Å². The van der Waals surface area contributed by atoms with Gasteiger partial charge in [-0.1, -0.05) is 48.2 Å². The highest BCUT2D eigenvalue weighted by molar-refractivity contribution is 8.00. The Morgan fingerprint density at radius 1 is 1.06 bits per heavy atom. The average Bonchev–Trinajstić information content (AvgIpc) is 2.84. The molecular formula is C25H28N4O2S. The minimum absolute atomic E-state index is 0.138. The number of benzene rings is 2. The number of nitrogens with zero attached hydrogens (tertiary/aromatic N) is 4. The molecular weight excluding hydrogens is 420 g/mol. The Bertz CT molecular complexity index is 1120. The van der Waals surface area contributed by atoms with Crippen molar-refractivity contribution >= 4 is 34.3 Å². The molecule has 6 nitrogen and oxygen atoms in total. The van der Waals surface area contributed by atoms with Gasteiger partial charge < -0.3 is 9.64 Å². The summed E-state index contributed by atoms with van der Waals surface area (Å²) in [4.78, 5) is 27.4. The van der Waals surface area contributed by atoms with Crippen LogP contribution >= 0.6 is 11.8 Å². The summed E-state index contributed by atoms with van der Waals surface area (Å²) in [6.07, 6.45) is 2.03. The van der Waals surface area contributed by atoms with Crippen LogP contribution in [0.15, 0.2) is 53.6 Å². The summed E-state index contributed by atoms with van der Waals surface area (Å²) in [6.45, 7) is 6.74. The van der Waals surface area contributed by atoms with E-state index in [1.165, 1.54) is 5.56 Å². The lowest BCUT2D eigenvalue weighted by molar-refractivity contribution is -0.117. The van der Waals surface area contributed by atoms with Crippen LogP contribution in [0.3, 0.4) is 0 Å². The fourth-order valence-electron chi connectivity index (χ4n) is 4.41. The van der Waals surface area contributed by atoms with Crippen molar-refractivity contribution in [1.29, 1.82) is 0 Å². The SMILES string of the molecule is CC(Sc1nc(CN2CCOCC2)nc2ccccc12)C(=O)N1CCCc2ccccc21. The number of hydrogen-bond acceptors (Lipinski definition) is 6. The second-order valence-electron chi connectivity index (χ2n) is 8.33. The van der Waals surface area contributed by atoms with Gasteiger partial charge in [0.1, 0.15) is 10.9 Å². The predicted octanol–water partition coefficient (Wildman–Crippen LogP) is 3.92. The molecule has 0 aliphatic carbocycles. The van der Waals surface area contributed by atoms with E-state index in [0.29, 0.717) is 6.54 Å². The van der Waals surface area contributed by atoms with E-state index in [4.69, 9.17) is 14.7 Å². The highest BCUT2D eigenvalue weighted by atomic mass is 32.2. The molecule has 3 heterocycles. The largest absolute Gasteiger partial charge is 0.379 e. The normalized spacial score (nSPS) is 17.8. The second kappa shape index (κ2) is 9.57. The lowest BCUT2D eigenvalue weighted by Crippen LogP contribution is -2.40. The smallest absolute Gasteiger partial charge is 0.240 e. The summed E-state index contributed by atoms with van der Waals surface area (Å²) in [7, 11) is 0. The molecule has 166 valence electrons. The van der Waals surface area contributed by atoms with Crippen LogP contribution < -0.4 is 4.90 Å². The molecule has 0 radical (unpaired) electrons. The first kappa shape index (κ1) is 21.4. The van der Waals surface area contributed by atoms with Crippen LogP contribution in [0, 0.1) is 0 Å². The van der Waals surface area contributed by atoms with E-state index in [0.717, 1.165) is 73.1 Å². The maximum absolute atomic E-state index is 13.4. The number of anilines is 1. The highest BCUT2D eigenvalue weighted by Gasteiger charge is 2.27. The number of amides is 1. The van der Waals surface area contributed by atoms with Crippen LogP contribution in [0.5, 0.6) is 0 Å². The number of fused-ring (bicyclic) bond motifs is 2. The number of morpholine rings is 1. The Kier molecular flexibility index (Phi) is 6.39. The zero-order valence-corrected chi connectivity index (χ0v) is 19.2. The summed E-state index contributed by atoms with van der Waals surface area (Å²) >= 11 is 1.54. The zero-order chi connectivity index (χ0) is 21.9. The van der Waals surface area contributed by atoms with Crippen LogP contribution in [0.4, 0.5) is 5.69 Å². The first-order chi connectivity index (χ1) is 15.7. The molecule has 0 spiro atoms. The van der Waals surface area contributed by atoms with E-state index >= 15 is 0 Å². The third-order valence-corrected chi connectivity index (χ3v) is 7.19. The highest BCUT2D eigenvalue weighted by Crippen LogP contribution is 2.33. The van der Waals surface area contributed by atoms with Gasteiger partial charge in [-0.25, -0.2) is 9.97 Å². The molecule has 0 saturated carbocycles. The summed E-state index contributed by atoms with van der Waals surface area (Å²) < 4.78 is 5.46. The van der Waals surface area contributed by atoms with E-state index < -0.39 is 0 Å². The summed E-state index contributed by atoms with van der Waals surface area (Å²) in [5.41, 5.74) is 3.23. The van der Waals surface area contributed by atoms with Gasteiger partial charge in [-0.15, -0.1) is 0 Å². The Morgan fingerprint density at radius 3 is 2.72 bits per heavy atom.